The molecule has 4 heteroatoms. The SMILES string of the molecule is CCCCCCCCCCOc1ccc(-c2ccc(-c3ccc(OCCCCC)cc3)cc2)c(F)c1F. The number of rotatable bonds is 17. The quantitative estimate of drug-likeness (QED) is 0.169. The Morgan fingerprint density at radius 1 is 0.486 bits per heavy atom. The van der Waals surface area contributed by atoms with Crippen LogP contribution < -0.4 is 9.47 Å². The third-order valence-electron chi connectivity index (χ3n) is 6.70. The summed E-state index contributed by atoms with van der Waals surface area (Å²) in [6.45, 7) is 5.52. The summed E-state index contributed by atoms with van der Waals surface area (Å²) >= 11 is 0. The van der Waals surface area contributed by atoms with Crippen molar-refractivity contribution in [2.24, 2.45) is 0 Å². The molecule has 0 radical (unpaired) electrons. The first kappa shape index (κ1) is 28.7. The summed E-state index contributed by atoms with van der Waals surface area (Å²) in [5.74, 6) is -0.946. The topological polar surface area (TPSA) is 18.5 Å². The van der Waals surface area contributed by atoms with Crippen LogP contribution in [0, 0.1) is 11.6 Å². The normalized spacial score (nSPS) is 11.0. The van der Waals surface area contributed by atoms with Gasteiger partial charge in [0.15, 0.2) is 11.6 Å². The van der Waals surface area contributed by atoms with Gasteiger partial charge in [0.05, 0.1) is 13.2 Å². The van der Waals surface area contributed by atoms with Gasteiger partial charge in [-0.1, -0.05) is 108 Å². The minimum atomic E-state index is -0.921. The summed E-state index contributed by atoms with van der Waals surface area (Å²) in [7, 11) is 0. The largest absolute Gasteiger partial charge is 0.494 e. The Morgan fingerprint density at radius 2 is 0.973 bits per heavy atom. The van der Waals surface area contributed by atoms with Crippen LogP contribution in [0.4, 0.5) is 8.78 Å². The molecule has 200 valence electrons. The van der Waals surface area contributed by atoms with Crippen LogP contribution in [0.15, 0.2) is 60.7 Å². The Morgan fingerprint density at radius 3 is 1.62 bits per heavy atom. The van der Waals surface area contributed by atoms with Gasteiger partial charge in [-0.05, 0) is 53.8 Å². The van der Waals surface area contributed by atoms with E-state index in [1.165, 1.54) is 51.0 Å². The van der Waals surface area contributed by atoms with Crippen LogP contribution in [-0.4, -0.2) is 13.2 Å². The van der Waals surface area contributed by atoms with E-state index in [2.05, 4.69) is 13.8 Å². The van der Waals surface area contributed by atoms with Crippen molar-refractivity contribution in [1.82, 2.24) is 0 Å². The van der Waals surface area contributed by atoms with Gasteiger partial charge in [-0.3, -0.25) is 0 Å². The fraction of sp³-hybridized carbons (Fsp3) is 0.455. The first-order valence-electron chi connectivity index (χ1n) is 14.1. The van der Waals surface area contributed by atoms with Crippen molar-refractivity contribution < 1.29 is 18.3 Å². The lowest BCUT2D eigenvalue weighted by atomic mass is 9.99. The monoisotopic (exact) mass is 508 g/mol. The lowest BCUT2D eigenvalue weighted by molar-refractivity contribution is 0.285. The average molecular weight is 509 g/mol. The van der Waals surface area contributed by atoms with E-state index < -0.39 is 11.6 Å². The molecule has 0 fully saturated rings. The molecular formula is C33H42F2O2. The Hall–Kier alpha value is -2.88. The van der Waals surface area contributed by atoms with Gasteiger partial charge in [-0.15, -0.1) is 0 Å². The first-order chi connectivity index (χ1) is 18.1. The van der Waals surface area contributed by atoms with Gasteiger partial charge in [-0.25, -0.2) is 4.39 Å². The van der Waals surface area contributed by atoms with E-state index in [1.807, 2.05) is 48.5 Å². The fourth-order valence-electron chi connectivity index (χ4n) is 4.41. The third kappa shape index (κ3) is 9.18. The summed E-state index contributed by atoms with van der Waals surface area (Å²) in [4.78, 5) is 0. The van der Waals surface area contributed by atoms with Gasteiger partial charge >= 0.3 is 0 Å². The predicted octanol–water partition coefficient (Wildman–Crippen LogP) is 10.4. The molecule has 0 aliphatic rings. The molecule has 0 heterocycles. The highest BCUT2D eigenvalue weighted by molar-refractivity contribution is 5.71. The summed E-state index contributed by atoms with van der Waals surface area (Å²) in [5.41, 5.74) is 2.92. The van der Waals surface area contributed by atoms with Crippen LogP contribution in [0.5, 0.6) is 11.5 Å². The number of hydrogen-bond donors (Lipinski definition) is 0. The molecule has 0 aliphatic carbocycles. The molecule has 2 nitrogen and oxygen atoms in total. The summed E-state index contributed by atoms with van der Waals surface area (Å²) in [6, 6.07) is 18.6. The highest BCUT2D eigenvalue weighted by Crippen LogP contribution is 2.32. The molecule has 0 unspecified atom stereocenters. The van der Waals surface area contributed by atoms with E-state index in [0.717, 1.165) is 49.2 Å². The maximum absolute atomic E-state index is 14.9. The minimum Gasteiger partial charge on any atom is -0.494 e. The van der Waals surface area contributed by atoms with Crippen LogP contribution >= 0.6 is 0 Å². The minimum absolute atomic E-state index is 0.0159. The summed E-state index contributed by atoms with van der Waals surface area (Å²) in [5, 5.41) is 0. The second-order valence-electron chi connectivity index (χ2n) is 9.72. The highest BCUT2D eigenvalue weighted by atomic mass is 19.2. The number of benzene rings is 3. The molecule has 0 amide bonds. The van der Waals surface area contributed by atoms with E-state index >= 15 is 0 Å². The van der Waals surface area contributed by atoms with E-state index in [0.29, 0.717) is 12.2 Å². The van der Waals surface area contributed by atoms with Gasteiger partial charge in [0.1, 0.15) is 5.75 Å². The van der Waals surface area contributed by atoms with Crippen LogP contribution in [0.3, 0.4) is 0 Å². The zero-order chi connectivity index (χ0) is 26.3. The molecule has 0 bridgehead atoms. The van der Waals surface area contributed by atoms with E-state index in [-0.39, 0.29) is 11.3 Å². The Bertz CT molecular complexity index is 1050. The van der Waals surface area contributed by atoms with Crippen molar-refractivity contribution in [3.63, 3.8) is 0 Å². The number of hydrogen-bond acceptors (Lipinski definition) is 2. The molecule has 0 saturated carbocycles. The zero-order valence-corrected chi connectivity index (χ0v) is 22.5. The molecule has 0 atom stereocenters. The Kier molecular flexibility index (Phi) is 12.5. The summed E-state index contributed by atoms with van der Waals surface area (Å²) in [6.07, 6.45) is 12.8. The molecule has 0 spiro atoms. The van der Waals surface area contributed by atoms with Gasteiger partial charge < -0.3 is 9.47 Å². The molecule has 3 aromatic rings. The van der Waals surface area contributed by atoms with Gasteiger partial charge in [-0.2, -0.15) is 4.39 Å². The molecule has 0 saturated heterocycles. The van der Waals surface area contributed by atoms with Gasteiger partial charge in [0.2, 0.25) is 5.82 Å². The molecule has 3 rings (SSSR count). The van der Waals surface area contributed by atoms with Crippen LogP contribution in [0.1, 0.15) is 84.5 Å². The van der Waals surface area contributed by atoms with Crippen LogP contribution in [0.2, 0.25) is 0 Å². The second-order valence-corrected chi connectivity index (χ2v) is 9.72. The smallest absolute Gasteiger partial charge is 0.201 e. The molecule has 0 N–H and O–H groups in total. The van der Waals surface area contributed by atoms with E-state index in [9.17, 15) is 8.78 Å². The molecule has 0 aliphatic heterocycles. The molecule has 0 aromatic heterocycles. The lowest BCUT2D eigenvalue weighted by Gasteiger charge is -2.11. The third-order valence-corrected chi connectivity index (χ3v) is 6.70. The van der Waals surface area contributed by atoms with Crippen LogP contribution in [0.25, 0.3) is 22.3 Å². The average Bonchev–Trinajstić information content (AvgIpc) is 2.93. The number of unbranched alkanes of at least 4 members (excludes halogenated alkanes) is 9. The summed E-state index contributed by atoms with van der Waals surface area (Å²) < 4.78 is 40.9. The second kappa shape index (κ2) is 16.1. The van der Waals surface area contributed by atoms with E-state index in [1.54, 1.807) is 6.07 Å². The zero-order valence-electron chi connectivity index (χ0n) is 22.5. The van der Waals surface area contributed by atoms with Crippen molar-refractivity contribution in [2.45, 2.75) is 84.5 Å². The van der Waals surface area contributed by atoms with Crippen molar-refractivity contribution in [1.29, 1.82) is 0 Å². The van der Waals surface area contributed by atoms with Gasteiger partial charge in [0.25, 0.3) is 0 Å². The van der Waals surface area contributed by atoms with Gasteiger partial charge in [0, 0.05) is 5.56 Å². The van der Waals surface area contributed by atoms with Crippen molar-refractivity contribution in [3.8, 4) is 33.8 Å². The van der Waals surface area contributed by atoms with Crippen molar-refractivity contribution >= 4 is 0 Å². The highest BCUT2D eigenvalue weighted by Gasteiger charge is 2.16. The maximum Gasteiger partial charge on any atom is 0.201 e. The van der Waals surface area contributed by atoms with Crippen LogP contribution in [-0.2, 0) is 0 Å². The standard InChI is InChI=1S/C33H42F2O2/c1-3-5-7-8-9-10-11-13-25-37-31-23-22-30(32(34)33(31)35)28-16-14-26(15-17-28)27-18-20-29(21-19-27)36-24-12-6-4-2/h14-23H,3-13,24-25H2,1-2H3. The van der Waals surface area contributed by atoms with Crippen molar-refractivity contribution in [3.05, 3.63) is 72.3 Å². The Labute approximate surface area is 222 Å². The fourth-order valence-corrected chi connectivity index (χ4v) is 4.41. The number of halogens is 2. The maximum atomic E-state index is 14.9. The molecular weight excluding hydrogens is 466 g/mol. The first-order valence-corrected chi connectivity index (χ1v) is 14.1. The molecule has 3 aromatic carbocycles. The van der Waals surface area contributed by atoms with E-state index in [4.69, 9.17) is 9.47 Å². The lowest BCUT2D eigenvalue weighted by Crippen LogP contribution is -2.01. The predicted molar refractivity (Wildman–Crippen MR) is 150 cm³/mol. The number of ether oxygens (including phenoxy) is 2. The Balaban J connectivity index is 1.51. The van der Waals surface area contributed by atoms with Crippen molar-refractivity contribution in [2.75, 3.05) is 13.2 Å². The molecule has 37 heavy (non-hydrogen) atoms.